The van der Waals surface area contributed by atoms with Crippen molar-refractivity contribution >= 4 is 0 Å². The molecule has 0 spiro atoms. The maximum atomic E-state index is 12.5. The molecule has 0 bridgehead atoms. The molecular formula is C16H24F3NO. The second kappa shape index (κ2) is 7.16. The van der Waals surface area contributed by atoms with Crippen molar-refractivity contribution in [2.24, 2.45) is 5.41 Å². The molecule has 120 valence electrons. The van der Waals surface area contributed by atoms with E-state index in [2.05, 4.69) is 30.8 Å². The summed E-state index contributed by atoms with van der Waals surface area (Å²) in [5.74, 6) is -0.122. The van der Waals surface area contributed by atoms with Crippen molar-refractivity contribution in [2.45, 2.75) is 52.9 Å². The van der Waals surface area contributed by atoms with Crippen molar-refractivity contribution < 1.29 is 17.9 Å². The van der Waals surface area contributed by atoms with Crippen molar-refractivity contribution in [2.75, 3.05) is 6.54 Å². The van der Waals surface area contributed by atoms with Crippen molar-refractivity contribution in [3.63, 3.8) is 0 Å². The summed E-state index contributed by atoms with van der Waals surface area (Å²) >= 11 is 0. The highest BCUT2D eigenvalue weighted by atomic mass is 19.4. The molecule has 1 unspecified atom stereocenters. The van der Waals surface area contributed by atoms with Crippen molar-refractivity contribution in [1.82, 2.24) is 5.32 Å². The molecule has 0 saturated heterocycles. The van der Waals surface area contributed by atoms with Gasteiger partial charge in [-0.1, -0.05) is 45.9 Å². The molecule has 1 aromatic carbocycles. The summed E-state index contributed by atoms with van der Waals surface area (Å²) < 4.78 is 41.8. The van der Waals surface area contributed by atoms with Crippen LogP contribution in [-0.2, 0) is 0 Å². The summed E-state index contributed by atoms with van der Waals surface area (Å²) in [6.07, 6.45) is -3.03. The van der Waals surface area contributed by atoms with E-state index in [9.17, 15) is 13.2 Å². The zero-order valence-electron chi connectivity index (χ0n) is 13.1. The number of ether oxygens (including phenoxy) is 1. The van der Waals surface area contributed by atoms with E-state index in [1.807, 2.05) is 6.92 Å². The van der Waals surface area contributed by atoms with Gasteiger partial charge in [0.1, 0.15) is 5.75 Å². The number of nitrogens with one attached hydrogen (secondary N) is 1. The van der Waals surface area contributed by atoms with E-state index in [-0.39, 0.29) is 17.2 Å². The van der Waals surface area contributed by atoms with E-state index in [0.29, 0.717) is 5.56 Å². The van der Waals surface area contributed by atoms with E-state index >= 15 is 0 Å². The van der Waals surface area contributed by atoms with Crippen LogP contribution in [0.1, 0.15) is 52.1 Å². The fourth-order valence-corrected chi connectivity index (χ4v) is 2.21. The molecule has 1 N–H and O–H groups in total. The van der Waals surface area contributed by atoms with Crippen LogP contribution in [0.4, 0.5) is 13.2 Å². The SMILES string of the molecule is CCCNC(CC(C)(C)C)c1ccccc1OC(F)(F)F. The van der Waals surface area contributed by atoms with Crippen LogP contribution in [0.3, 0.4) is 0 Å². The molecule has 0 heterocycles. The van der Waals surface area contributed by atoms with Gasteiger partial charge < -0.3 is 10.1 Å². The van der Waals surface area contributed by atoms with Gasteiger partial charge in [0.25, 0.3) is 0 Å². The maximum absolute atomic E-state index is 12.5. The molecule has 5 heteroatoms. The number of hydrogen-bond acceptors (Lipinski definition) is 2. The van der Waals surface area contributed by atoms with Gasteiger partial charge in [0, 0.05) is 11.6 Å². The Bertz CT molecular complexity index is 438. The Labute approximate surface area is 124 Å². The summed E-state index contributed by atoms with van der Waals surface area (Å²) in [7, 11) is 0. The van der Waals surface area contributed by atoms with Gasteiger partial charge in [-0.15, -0.1) is 13.2 Å². The van der Waals surface area contributed by atoms with E-state index in [1.165, 1.54) is 6.07 Å². The van der Waals surface area contributed by atoms with Crippen molar-refractivity contribution in [3.05, 3.63) is 29.8 Å². The molecule has 0 saturated carbocycles. The topological polar surface area (TPSA) is 21.3 Å². The number of alkyl halides is 3. The molecule has 1 aromatic rings. The average Bonchev–Trinajstić information content (AvgIpc) is 2.32. The van der Waals surface area contributed by atoms with Crippen LogP contribution in [0.15, 0.2) is 24.3 Å². The van der Waals surface area contributed by atoms with Crippen LogP contribution in [0, 0.1) is 5.41 Å². The van der Waals surface area contributed by atoms with Crippen molar-refractivity contribution in [3.8, 4) is 5.75 Å². The largest absolute Gasteiger partial charge is 0.573 e. The molecule has 0 radical (unpaired) electrons. The van der Waals surface area contributed by atoms with E-state index in [4.69, 9.17) is 0 Å². The standard InChI is InChI=1S/C16H24F3NO/c1-5-10-20-13(11-15(2,3)4)12-8-6-7-9-14(12)21-16(17,18)19/h6-9,13,20H,5,10-11H2,1-4H3. The van der Waals surface area contributed by atoms with Gasteiger partial charge in [-0.05, 0) is 30.9 Å². The van der Waals surface area contributed by atoms with Gasteiger partial charge in [-0.2, -0.15) is 0 Å². The fraction of sp³-hybridized carbons (Fsp3) is 0.625. The first-order chi connectivity index (χ1) is 9.62. The zero-order chi connectivity index (χ0) is 16.1. The van der Waals surface area contributed by atoms with E-state index in [0.717, 1.165) is 19.4 Å². The lowest BCUT2D eigenvalue weighted by Gasteiger charge is -2.28. The second-order valence-corrected chi connectivity index (χ2v) is 6.36. The number of para-hydroxylation sites is 1. The molecule has 21 heavy (non-hydrogen) atoms. The van der Waals surface area contributed by atoms with Crippen molar-refractivity contribution in [1.29, 1.82) is 0 Å². The first kappa shape index (κ1) is 17.8. The van der Waals surface area contributed by atoms with Gasteiger partial charge in [0.15, 0.2) is 0 Å². The Kier molecular flexibility index (Phi) is 6.08. The minimum absolute atomic E-state index is 0.00322. The Morgan fingerprint density at radius 1 is 1.14 bits per heavy atom. The van der Waals surface area contributed by atoms with Crippen LogP contribution in [0.25, 0.3) is 0 Å². The molecule has 0 fully saturated rings. The van der Waals surface area contributed by atoms with Crippen LogP contribution in [0.5, 0.6) is 5.75 Å². The molecule has 0 amide bonds. The Morgan fingerprint density at radius 2 is 1.76 bits per heavy atom. The monoisotopic (exact) mass is 303 g/mol. The Morgan fingerprint density at radius 3 is 2.29 bits per heavy atom. The summed E-state index contributed by atoms with van der Waals surface area (Å²) in [6.45, 7) is 8.99. The highest BCUT2D eigenvalue weighted by Crippen LogP contribution is 2.36. The third-order valence-corrected chi connectivity index (χ3v) is 2.98. The molecule has 1 atom stereocenters. The van der Waals surface area contributed by atoms with Gasteiger partial charge in [0.2, 0.25) is 0 Å². The molecule has 2 nitrogen and oxygen atoms in total. The average molecular weight is 303 g/mol. The second-order valence-electron chi connectivity index (χ2n) is 6.36. The quantitative estimate of drug-likeness (QED) is 0.793. The Hall–Kier alpha value is -1.23. The number of rotatable bonds is 6. The van der Waals surface area contributed by atoms with Crippen LogP contribution in [-0.4, -0.2) is 12.9 Å². The number of hydrogen-bond donors (Lipinski definition) is 1. The third-order valence-electron chi connectivity index (χ3n) is 2.98. The summed E-state index contributed by atoms with van der Waals surface area (Å²) in [4.78, 5) is 0. The normalized spacial score (nSPS) is 14.0. The minimum atomic E-state index is -4.67. The smallest absolute Gasteiger partial charge is 0.405 e. The first-order valence-electron chi connectivity index (χ1n) is 7.20. The minimum Gasteiger partial charge on any atom is -0.405 e. The highest BCUT2D eigenvalue weighted by molar-refractivity contribution is 5.36. The van der Waals surface area contributed by atoms with Crippen LogP contribution in [0.2, 0.25) is 0 Å². The predicted molar refractivity (Wildman–Crippen MR) is 78.2 cm³/mol. The summed E-state index contributed by atoms with van der Waals surface area (Å²) in [6, 6.07) is 6.19. The predicted octanol–water partition coefficient (Wildman–Crippen LogP) is 5.06. The van der Waals surface area contributed by atoms with Gasteiger partial charge in [0.05, 0.1) is 0 Å². The number of benzene rings is 1. The lowest BCUT2D eigenvalue weighted by atomic mass is 9.85. The maximum Gasteiger partial charge on any atom is 0.573 e. The zero-order valence-corrected chi connectivity index (χ0v) is 13.1. The van der Waals surface area contributed by atoms with Gasteiger partial charge in [-0.3, -0.25) is 0 Å². The van der Waals surface area contributed by atoms with Crippen LogP contribution < -0.4 is 10.1 Å². The van der Waals surface area contributed by atoms with E-state index in [1.54, 1.807) is 18.2 Å². The molecule has 0 aromatic heterocycles. The summed E-state index contributed by atoms with van der Waals surface area (Å²) in [5.41, 5.74) is 0.551. The lowest BCUT2D eigenvalue weighted by Crippen LogP contribution is -2.28. The fourth-order valence-electron chi connectivity index (χ4n) is 2.21. The Balaban J connectivity index is 3.05. The van der Waals surface area contributed by atoms with Gasteiger partial charge >= 0.3 is 6.36 Å². The lowest BCUT2D eigenvalue weighted by molar-refractivity contribution is -0.275. The summed E-state index contributed by atoms with van der Waals surface area (Å²) in [5, 5.41) is 3.32. The molecule has 1 rings (SSSR count). The highest BCUT2D eigenvalue weighted by Gasteiger charge is 2.33. The molecule has 0 aliphatic carbocycles. The number of halogens is 3. The van der Waals surface area contributed by atoms with E-state index < -0.39 is 6.36 Å². The van der Waals surface area contributed by atoms with Gasteiger partial charge in [-0.25, -0.2) is 0 Å². The molecular weight excluding hydrogens is 279 g/mol. The molecule has 0 aliphatic rings. The molecule has 0 aliphatic heterocycles. The first-order valence-corrected chi connectivity index (χ1v) is 7.20. The third kappa shape index (κ3) is 6.85. The van der Waals surface area contributed by atoms with Crippen LogP contribution >= 0.6 is 0 Å².